The molecule has 2 aliphatic rings. The van der Waals surface area contributed by atoms with Gasteiger partial charge in [-0.15, -0.1) is 0 Å². The van der Waals surface area contributed by atoms with Crippen LogP contribution in [0.5, 0.6) is 0 Å². The highest BCUT2D eigenvalue weighted by atomic mass is 32.2. The zero-order valence-corrected chi connectivity index (χ0v) is 15.1. The Morgan fingerprint density at radius 1 is 1.21 bits per heavy atom. The molecular formula is C19H25N3OS. The molecule has 0 bridgehead atoms. The van der Waals surface area contributed by atoms with E-state index < -0.39 is 10.8 Å². The van der Waals surface area contributed by atoms with Gasteiger partial charge in [-0.1, -0.05) is 12.1 Å². The third-order valence-electron chi connectivity index (χ3n) is 5.29. The summed E-state index contributed by atoms with van der Waals surface area (Å²) in [7, 11) is -0.903. The lowest BCUT2D eigenvalue weighted by atomic mass is 10.0. The molecule has 4 nitrogen and oxygen atoms in total. The maximum atomic E-state index is 11.5. The van der Waals surface area contributed by atoms with Crippen LogP contribution in [0.15, 0.2) is 29.2 Å². The molecule has 1 aromatic heterocycles. The average Bonchev–Trinajstić information content (AvgIpc) is 3.21. The van der Waals surface area contributed by atoms with Gasteiger partial charge in [0.25, 0.3) is 0 Å². The molecule has 1 aromatic carbocycles. The largest absolute Gasteiger partial charge is 0.344 e. The van der Waals surface area contributed by atoms with Crippen LogP contribution in [0.2, 0.25) is 0 Å². The van der Waals surface area contributed by atoms with Gasteiger partial charge in [0.05, 0.1) is 11.7 Å². The standard InChI is InChI=1S/C19H25N3OS/c1-24(23)15-10-8-14(9-11-15)13-22-12-4-7-18(22)19-20-16-5-2-3-6-17(16)21-19/h8-11,18H,2-7,12-13H2,1H3,(H,20,21). The average molecular weight is 343 g/mol. The lowest BCUT2D eigenvalue weighted by Crippen LogP contribution is -2.23. The normalized spacial score (nSPS) is 22.5. The van der Waals surface area contributed by atoms with Crippen molar-refractivity contribution < 1.29 is 4.21 Å². The highest BCUT2D eigenvalue weighted by molar-refractivity contribution is 7.84. The zero-order chi connectivity index (χ0) is 16.5. The van der Waals surface area contributed by atoms with Crippen molar-refractivity contribution in [3.05, 3.63) is 47.0 Å². The number of likely N-dealkylation sites (tertiary alicyclic amines) is 1. The van der Waals surface area contributed by atoms with E-state index in [1.54, 1.807) is 6.26 Å². The maximum Gasteiger partial charge on any atom is 0.124 e. The first-order valence-electron chi connectivity index (χ1n) is 8.95. The number of nitrogens with one attached hydrogen (secondary N) is 1. The van der Waals surface area contributed by atoms with Crippen molar-refractivity contribution in [1.29, 1.82) is 0 Å². The monoisotopic (exact) mass is 343 g/mol. The number of rotatable bonds is 4. The van der Waals surface area contributed by atoms with E-state index in [4.69, 9.17) is 4.98 Å². The van der Waals surface area contributed by atoms with E-state index in [0.29, 0.717) is 6.04 Å². The number of aromatic nitrogens is 2. The molecule has 0 saturated carbocycles. The summed E-state index contributed by atoms with van der Waals surface area (Å²) in [6, 6.07) is 8.61. The fourth-order valence-corrected chi connectivity index (χ4v) is 4.50. The van der Waals surface area contributed by atoms with Crippen LogP contribution in [0.3, 0.4) is 0 Å². The van der Waals surface area contributed by atoms with E-state index in [9.17, 15) is 4.21 Å². The quantitative estimate of drug-likeness (QED) is 0.926. The first-order chi connectivity index (χ1) is 11.7. The van der Waals surface area contributed by atoms with Crippen molar-refractivity contribution in [2.45, 2.75) is 56.0 Å². The number of hydrogen-bond acceptors (Lipinski definition) is 3. The molecule has 2 aromatic rings. The van der Waals surface area contributed by atoms with Crippen LogP contribution in [-0.4, -0.2) is 31.9 Å². The first-order valence-corrected chi connectivity index (χ1v) is 10.5. The summed E-state index contributed by atoms with van der Waals surface area (Å²) < 4.78 is 11.5. The van der Waals surface area contributed by atoms with Crippen molar-refractivity contribution in [3.63, 3.8) is 0 Å². The highest BCUT2D eigenvalue weighted by Crippen LogP contribution is 2.33. The Morgan fingerprint density at radius 3 is 2.75 bits per heavy atom. The number of aromatic amines is 1. The Bertz CT molecular complexity index is 714. The molecule has 1 fully saturated rings. The minimum atomic E-state index is -0.903. The van der Waals surface area contributed by atoms with E-state index >= 15 is 0 Å². The van der Waals surface area contributed by atoms with E-state index in [1.165, 1.54) is 48.5 Å². The van der Waals surface area contributed by atoms with Gasteiger partial charge < -0.3 is 4.98 Å². The van der Waals surface area contributed by atoms with E-state index in [0.717, 1.165) is 30.8 Å². The van der Waals surface area contributed by atoms with Crippen molar-refractivity contribution >= 4 is 10.8 Å². The second kappa shape index (κ2) is 6.81. The third kappa shape index (κ3) is 3.20. The summed E-state index contributed by atoms with van der Waals surface area (Å²) in [4.78, 5) is 12.0. The van der Waals surface area contributed by atoms with Crippen LogP contribution >= 0.6 is 0 Å². The fraction of sp³-hybridized carbons (Fsp3) is 0.526. The number of aryl methyl sites for hydroxylation is 2. The SMILES string of the molecule is CS(=O)c1ccc(CN2CCCC2c2nc3c([nH]2)CCCC3)cc1. The van der Waals surface area contributed by atoms with Crippen LogP contribution in [0.4, 0.5) is 0 Å². The van der Waals surface area contributed by atoms with Gasteiger partial charge in [-0.3, -0.25) is 9.11 Å². The predicted octanol–water partition coefficient (Wildman–Crippen LogP) is 3.36. The smallest absolute Gasteiger partial charge is 0.124 e. The fourth-order valence-electron chi connectivity index (χ4n) is 3.98. The number of H-pyrrole nitrogens is 1. The topological polar surface area (TPSA) is 49.0 Å². The number of benzene rings is 1. The first kappa shape index (κ1) is 16.0. The number of hydrogen-bond donors (Lipinski definition) is 1. The molecule has 0 amide bonds. The van der Waals surface area contributed by atoms with Gasteiger partial charge in [0.2, 0.25) is 0 Å². The molecule has 1 saturated heterocycles. The Kier molecular flexibility index (Phi) is 4.55. The second-order valence-electron chi connectivity index (χ2n) is 6.98. The second-order valence-corrected chi connectivity index (χ2v) is 8.36. The predicted molar refractivity (Wildman–Crippen MR) is 96.4 cm³/mol. The summed E-state index contributed by atoms with van der Waals surface area (Å²) in [6.07, 6.45) is 8.99. The van der Waals surface area contributed by atoms with Crippen LogP contribution in [0, 0.1) is 0 Å². The summed E-state index contributed by atoms with van der Waals surface area (Å²) in [6.45, 7) is 2.06. The number of nitrogens with zero attached hydrogens (tertiary/aromatic N) is 2. The molecule has 2 atom stereocenters. The van der Waals surface area contributed by atoms with E-state index in [1.807, 2.05) is 12.1 Å². The lowest BCUT2D eigenvalue weighted by Gasteiger charge is -2.23. The van der Waals surface area contributed by atoms with Crippen LogP contribution < -0.4 is 0 Å². The number of fused-ring (bicyclic) bond motifs is 1. The molecule has 0 spiro atoms. The van der Waals surface area contributed by atoms with Crippen molar-refractivity contribution in [2.24, 2.45) is 0 Å². The van der Waals surface area contributed by atoms with E-state index in [2.05, 4.69) is 22.0 Å². The summed E-state index contributed by atoms with van der Waals surface area (Å²) in [5, 5.41) is 0. The van der Waals surface area contributed by atoms with E-state index in [-0.39, 0.29) is 0 Å². The van der Waals surface area contributed by atoms with Crippen LogP contribution in [0.25, 0.3) is 0 Å². The highest BCUT2D eigenvalue weighted by Gasteiger charge is 2.29. The Morgan fingerprint density at radius 2 is 2.00 bits per heavy atom. The third-order valence-corrected chi connectivity index (χ3v) is 6.23. The van der Waals surface area contributed by atoms with Crippen LogP contribution in [0.1, 0.15) is 54.5 Å². The molecule has 24 heavy (non-hydrogen) atoms. The minimum Gasteiger partial charge on any atom is -0.344 e. The van der Waals surface area contributed by atoms with Crippen LogP contribution in [-0.2, 0) is 30.2 Å². The summed E-state index contributed by atoms with van der Waals surface area (Å²) in [5.74, 6) is 1.17. The van der Waals surface area contributed by atoms with Gasteiger partial charge in [0, 0.05) is 34.2 Å². The molecule has 4 rings (SSSR count). The molecule has 128 valence electrons. The molecule has 2 unspecified atom stereocenters. The van der Waals surface area contributed by atoms with Gasteiger partial charge in [-0.2, -0.15) is 0 Å². The van der Waals surface area contributed by atoms with Gasteiger partial charge in [0.1, 0.15) is 5.82 Å². The van der Waals surface area contributed by atoms with Gasteiger partial charge in [-0.25, -0.2) is 4.98 Å². The molecule has 1 N–H and O–H groups in total. The van der Waals surface area contributed by atoms with Gasteiger partial charge in [-0.05, 0) is 62.8 Å². The molecule has 1 aliphatic carbocycles. The summed E-state index contributed by atoms with van der Waals surface area (Å²) >= 11 is 0. The molecule has 0 radical (unpaired) electrons. The molecule has 2 heterocycles. The lowest BCUT2D eigenvalue weighted by molar-refractivity contribution is 0.240. The van der Waals surface area contributed by atoms with Gasteiger partial charge >= 0.3 is 0 Å². The Labute approximate surface area is 146 Å². The number of imidazole rings is 1. The molecular weight excluding hydrogens is 318 g/mol. The maximum absolute atomic E-state index is 11.5. The minimum absolute atomic E-state index is 0.413. The van der Waals surface area contributed by atoms with Crippen molar-refractivity contribution in [2.75, 3.05) is 12.8 Å². The van der Waals surface area contributed by atoms with Crippen molar-refractivity contribution in [1.82, 2.24) is 14.9 Å². The van der Waals surface area contributed by atoms with Gasteiger partial charge in [0.15, 0.2) is 0 Å². The molecule has 1 aliphatic heterocycles. The molecule has 5 heteroatoms. The van der Waals surface area contributed by atoms with Crippen molar-refractivity contribution in [3.8, 4) is 0 Å². The Hall–Kier alpha value is -1.46. The Balaban J connectivity index is 1.50. The summed E-state index contributed by atoms with van der Waals surface area (Å²) in [5.41, 5.74) is 3.96. The zero-order valence-electron chi connectivity index (χ0n) is 14.3.